The largest absolute Gasteiger partial charge is 0.493 e. The van der Waals surface area contributed by atoms with Crippen molar-refractivity contribution in [3.8, 4) is 16.9 Å². The molecular formula is C23H30N2O4S. The number of fused-ring (bicyclic) bond motifs is 1. The lowest BCUT2D eigenvalue weighted by atomic mass is 9.91. The normalized spacial score (nSPS) is 16.3. The molecule has 1 heterocycles. The van der Waals surface area contributed by atoms with E-state index < -0.39 is 10.0 Å². The van der Waals surface area contributed by atoms with Gasteiger partial charge in [-0.25, -0.2) is 13.1 Å². The summed E-state index contributed by atoms with van der Waals surface area (Å²) in [7, 11) is -3.23. The zero-order chi connectivity index (χ0) is 21.9. The number of carbonyl (C=O) groups excluding carboxylic acids is 1. The molecule has 1 aliphatic heterocycles. The molecule has 162 valence electrons. The minimum Gasteiger partial charge on any atom is -0.493 e. The van der Waals surface area contributed by atoms with E-state index in [2.05, 4.69) is 18.6 Å². The quantitative estimate of drug-likeness (QED) is 0.723. The first-order valence-corrected chi connectivity index (χ1v) is 12.2. The third kappa shape index (κ3) is 5.02. The van der Waals surface area contributed by atoms with Crippen LogP contribution in [0.2, 0.25) is 0 Å². The van der Waals surface area contributed by atoms with Gasteiger partial charge in [0.15, 0.2) is 0 Å². The number of carbonyl (C=O) groups is 1. The van der Waals surface area contributed by atoms with Crippen molar-refractivity contribution in [3.05, 3.63) is 47.5 Å². The Kier molecular flexibility index (Phi) is 6.83. The molecule has 0 fully saturated rings. The van der Waals surface area contributed by atoms with Gasteiger partial charge in [0, 0.05) is 30.6 Å². The lowest BCUT2D eigenvalue weighted by molar-refractivity contribution is -0.117. The van der Waals surface area contributed by atoms with Crippen LogP contribution in [-0.2, 0) is 27.8 Å². The molecule has 0 spiro atoms. The van der Waals surface area contributed by atoms with Crippen LogP contribution in [-0.4, -0.2) is 33.2 Å². The maximum Gasteiger partial charge on any atom is 0.224 e. The van der Waals surface area contributed by atoms with Crippen molar-refractivity contribution in [2.75, 3.05) is 17.8 Å². The van der Waals surface area contributed by atoms with Gasteiger partial charge in [0.1, 0.15) is 5.75 Å². The lowest BCUT2D eigenvalue weighted by Crippen LogP contribution is -2.40. The van der Waals surface area contributed by atoms with Gasteiger partial charge >= 0.3 is 0 Å². The summed E-state index contributed by atoms with van der Waals surface area (Å²) in [5, 5.41) is 0. The zero-order valence-corrected chi connectivity index (χ0v) is 18.9. The molecule has 0 saturated heterocycles. The second kappa shape index (κ2) is 9.18. The number of benzene rings is 2. The fourth-order valence-electron chi connectivity index (χ4n) is 3.90. The molecule has 7 heteroatoms. The minimum absolute atomic E-state index is 0.0420. The van der Waals surface area contributed by atoms with E-state index in [1.54, 1.807) is 6.92 Å². The van der Waals surface area contributed by atoms with Gasteiger partial charge in [0.2, 0.25) is 15.9 Å². The van der Waals surface area contributed by atoms with Crippen molar-refractivity contribution in [1.29, 1.82) is 0 Å². The molecule has 6 nitrogen and oxygen atoms in total. The molecule has 2 aromatic rings. The Bertz CT molecular complexity index is 1020. The van der Waals surface area contributed by atoms with Crippen LogP contribution in [0.1, 0.15) is 44.7 Å². The zero-order valence-electron chi connectivity index (χ0n) is 18.1. The number of rotatable bonds is 7. The topological polar surface area (TPSA) is 75.7 Å². The number of hydrogen-bond donors (Lipinski definition) is 1. The van der Waals surface area contributed by atoms with E-state index in [1.165, 1.54) is 0 Å². The molecule has 1 N–H and O–H groups in total. The summed E-state index contributed by atoms with van der Waals surface area (Å²) in [5.41, 5.74) is 4.89. The average Bonchev–Trinajstić information content (AvgIpc) is 2.69. The molecule has 0 radical (unpaired) electrons. The molecule has 0 aromatic heterocycles. The SMILES string of the molecule is CCCOc1c(-c2ccc(CNS(C)(=O)=O)cc2)ccc2c1CC[C@H](C)N2C(C)=O. The van der Waals surface area contributed by atoms with E-state index >= 15 is 0 Å². The third-order valence-electron chi connectivity index (χ3n) is 5.34. The molecule has 0 bridgehead atoms. The summed E-state index contributed by atoms with van der Waals surface area (Å²) in [6.45, 7) is 6.62. The fourth-order valence-corrected chi connectivity index (χ4v) is 4.33. The van der Waals surface area contributed by atoms with Crippen molar-refractivity contribution in [2.45, 2.75) is 52.6 Å². The van der Waals surface area contributed by atoms with Crippen LogP contribution in [0.5, 0.6) is 5.75 Å². The van der Waals surface area contributed by atoms with E-state index in [4.69, 9.17) is 4.74 Å². The Morgan fingerprint density at radius 3 is 2.50 bits per heavy atom. The second-order valence-corrected chi connectivity index (χ2v) is 9.69. The van der Waals surface area contributed by atoms with Crippen LogP contribution in [0.3, 0.4) is 0 Å². The first-order chi connectivity index (χ1) is 14.2. The summed E-state index contributed by atoms with van der Waals surface area (Å²) < 4.78 is 31.3. The number of sulfonamides is 1. The average molecular weight is 431 g/mol. The van der Waals surface area contributed by atoms with Crippen LogP contribution >= 0.6 is 0 Å². The first kappa shape index (κ1) is 22.3. The Morgan fingerprint density at radius 2 is 1.90 bits per heavy atom. The van der Waals surface area contributed by atoms with E-state index in [1.807, 2.05) is 41.3 Å². The number of amides is 1. The highest BCUT2D eigenvalue weighted by Gasteiger charge is 2.29. The first-order valence-electron chi connectivity index (χ1n) is 10.3. The van der Waals surface area contributed by atoms with Gasteiger partial charge in [-0.15, -0.1) is 0 Å². The maximum atomic E-state index is 12.3. The molecule has 1 atom stereocenters. The summed E-state index contributed by atoms with van der Waals surface area (Å²) in [6.07, 6.45) is 3.81. The number of nitrogens with zero attached hydrogens (tertiary/aromatic N) is 1. The van der Waals surface area contributed by atoms with Crippen LogP contribution < -0.4 is 14.4 Å². The van der Waals surface area contributed by atoms with E-state index in [9.17, 15) is 13.2 Å². The van der Waals surface area contributed by atoms with Crippen LogP contribution in [0.15, 0.2) is 36.4 Å². The number of nitrogens with one attached hydrogen (secondary N) is 1. The summed E-state index contributed by atoms with van der Waals surface area (Å²) in [4.78, 5) is 14.1. The minimum atomic E-state index is -3.23. The highest BCUT2D eigenvalue weighted by Crippen LogP contribution is 2.43. The van der Waals surface area contributed by atoms with Crippen molar-refractivity contribution < 1.29 is 17.9 Å². The Balaban J connectivity index is 1.99. The molecule has 0 unspecified atom stereocenters. The van der Waals surface area contributed by atoms with Gasteiger partial charge in [0.25, 0.3) is 0 Å². The van der Waals surface area contributed by atoms with E-state index in [0.29, 0.717) is 6.61 Å². The fraction of sp³-hybridized carbons (Fsp3) is 0.435. The van der Waals surface area contributed by atoms with E-state index in [0.717, 1.165) is 59.2 Å². The summed E-state index contributed by atoms with van der Waals surface area (Å²) in [6, 6.07) is 12.0. The number of ether oxygens (including phenoxy) is 1. The van der Waals surface area contributed by atoms with Crippen LogP contribution in [0.25, 0.3) is 11.1 Å². The van der Waals surface area contributed by atoms with E-state index in [-0.39, 0.29) is 18.5 Å². The molecule has 0 saturated carbocycles. The molecule has 2 aromatic carbocycles. The highest BCUT2D eigenvalue weighted by atomic mass is 32.2. The van der Waals surface area contributed by atoms with Crippen LogP contribution in [0, 0.1) is 0 Å². The van der Waals surface area contributed by atoms with Gasteiger partial charge in [-0.2, -0.15) is 0 Å². The molecule has 1 aliphatic rings. The molecule has 30 heavy (non-hydrogen) atoms. The van der Waals surface area contributed by atoms with Crippen LogP contribution in [0.4, 0.5) is 5.69 Å². The monoisotopic (exact) mass is 430 g/mol. The molecule has 3 rings (SSSR count). The van der Waals surface area contributed by atoms with Crippen molar-refractivity contribution in [3.63, 3.8) is 0 Å². The smallest absolute Gasteiger partial charge is 0.224 e. The van der Waals surface area contributed by atoms with Gasteiger partial charge in [-0.05, 0) is 49.4 Å². The third-order valence-corrected chi connectivity index (χ3v) is 6.01. The van der Waals surface area contributed by atoms with Crippen molar-refractivity contribution in [1.82, 2.24) is 4.72 Å². The standard InChI is InChI=1S/C23H30N2O4S/c1-5-14-29-23-20(19-9-7-18(8-10-19)15-24-30(4,27)28)12-13-22-21(23)11-6-16(2)25(22)17(3)26/h7-10,12-13,16,24H,5-6,11,14-15H2,1-4H3/t16-/m0/s1. The Hall–Kier alpha value is -2.38. The number of anilines is 1. The summed E-state index contributed by atoms with van der Waals surface area (Å²) >= 11 is 0. The van der Waals surface area contributed by atoms with Gasteiger partial charge in [-0.1, -0.05) is 31.2 Å². The summed E-state index contributed by atoms with van der Waals surface area (Å²) in [5.74, 6) is 0.884. The molecule has 0 aliphatic carbocycles. The molecule has 1 amide bonds. The van der Waals surface area contributed by atoms with Gasteiger partial charge < -0.3 is 9.64 Å². The second-order valence-electron chi connectivity index (χ2n) is 7.86. The van der Waals surface area contributed by atoms with Crippen molar-refractivity contribution >= 4 is 21.6 Å². The number of hydrogen-bond acceptors (Lipinski definition) is 4. The lowest BCUT2D eigenvalue weighted by Gasteiger charge is -2.36. The predicted octanol–water partition coefficient (Wildman–Crippen LogP) is 3.88. The predicted molar refractivity (Wildman–Crippen MR) is 120 cm³/mol. The molecular weight excluding hydrogens is 400 g/mol. The highest BCUT2D eigenvalue weighted by molar-refractivity contribution is 7.88. The Morgan fingerprint density at radius 1 is 1.20 bits per heavy atom. The van der Waals surface area contributed by atoms with Gasteiger partial charge in [0.05, 0.1) is 18.6 Å². The maximum absolute atomic E-state index is 12.3. The van der Waals surface area contributed by atoms with Crippen molar-refractivity contribution in [2.24, 2.45) is 0 Å². The van der Waals surface area contributed by atoms with Gasteiger partial charge in [-0.3, -0.25) is 4.79 Å². The Labute approximate surface area is 179 Å².